The molecule has 2 atom stereocenters. The van der Waals surface area contributed by atoms with Crippen molar-refractivity contribution in [2.24, 2.45) is 5.92 Å². The lowest BCUT2D eigenvalue weighted by Gasteiger charge is -2.28. The van der Waals surface area contributed by atoms with E-state index >= 15 is 0 Å². The molecule has 0 aromatic heterocycles. The minimum absolute atomic E-state index is 0.146. The molecule has 1 aliphatic heterocycles. The van der Waals surface area contributed by atoms with E-state index in [9.17, 15) is 14.4 Å². The van der Waals surface area contributed by atoms with Gasteiger partial charge in [-0.2, -0.15) is 0 Å². The summed E-state index contributed by atoms with van der Waals surface area (Å²) in [4.78, 5) is 37.1. The summed E-state index contributed by atoms with van der Waals surface area (Å²) in [5.41, 5.74) is -0.697. The highest BCUT2D eigenvalue weighted by Crippen LogP contribution is 2.27. The van der Waals surface area contributed by atoms with Crippen molar-refractivity contribution in [1.82, 2.24) is 4.90 Å². The molecule has 1 aliphatic rings. The molecule has 0 aliphatic carbocycles. The van der Waals surface area contributed by atoms with E-state index in [4.69, 9.17) is 9.47 Å². The lowest BCUT2D eigenvalue weighted by molar-refractivity contribution is -0.147. The number of rotatable bonds is 3. The molecule has 0 aromatic rings. The number of esters is 1. The fourth-order valence-electron chi connectivity index (χ4n) is 2.13. The quantitative estimate of drug-likeness (QED) is 0.580. The Balaban J connectivity index is 2.99. The molecule has 0 saturated carbocycles. The molecule has 1 heterocycles. The molecule has 0 N–H and O–H groups in total. The molecular formula is C14H21NO5. The predicted molar refractivity (Wildman–Crippen MR) is 72.1 cm³/mol. The Bertz CT molecular complexity index is 424. The Morgan fingerprint density at radius 1 is 1.45 bits per heavy atom. The Morgan fingerprint density at radius 3 is 2.50 bits per heavy atom. The number of ether oxygens (including phenoxy) is 2. The van der Waals surface area contributed by atoms with Gasteiger partial charge in [0, 0.05) is 0 Å². The van der Waals surface area contributed by atoms with Gasteiger partial charge >= 0.3 is 12.1 Å². The highest BCUT2D eigenvalue weighted by molar-refractivity contribution is 5.97. The van der Waals surface area contributed by atoms with Gasteiger partial charge in [-0.1, -0.05) is 6.08 Å². The van der Waals surface area contributed by atoms with Gasteiger partial charge in [0.15, 0.2) is 5.78 Å². The highest BCUT2D eigenvalue weighted by Gasteiger charge is 2.48. The van der Waals surface area contributed by atoms with Gasteiger partial charge in [0.25, 0.3) is 0 Å². The molecule has 0 bridgehead atoms. The number of Topliss-reactive ketones (excluding diaryl/α,β-unsaturated/α-hetero) is 1. The number of nitrogens with zero attached hydrogens (tertiary/aromatic N) is 1. The number of hydrogen-bond donors (Lipinski definition) is 0. The number of carbonyl (C=O) groups is 3. The Morgan fingerprint density at radius 2 is 2.05 bits per heavy atom. The lowest BCUT2D eigenvalue weighted by atomic mass is 9.96. The minimum Gasteiger partial charge on any atom is -0.467 e. The molecule has 6 nitrogen and oxygen atoms in total. The van der Waals surface area contributed by atoms with E-state index in [0.717, 1.165) is 4.90 Å². The zero-order valence-electron chi connectivity index (χ0n) is 12.3. The second kappa shape index (κ2) is 6.07. The number of amides is 1. The lowest BCUT2D eigenvalue weighted by Crippen LogP contribution is -2.46. The van der Waals surface area contributed by atoms with E-state index < -0.39 is 29.6 Å². The van der Waals surface area contributed by atoms with Crippen LogP contribution in [-0.4, -0.2) is 48.0 Å². The number of hydrogen-bond acceptors (Lipinski definition) is 5. The number of carbonyl (C=O) groups excluding carboxylic acids is 3. The molecule has 0 aromatic carbocycles. The average molecular weight is 283 g/mol. The van der Waals surface area contributed by atoms with E-state index in [1.54, 1.807) is 26.8 Å². The Kier molecular flexibility index (Phi) is 4.92. The first-order chi connectivity index (χ1) is 9.21. The van der Waals surface area contributed by atoms with Crippen LogP contribution in [0.2, 0.25) is 0 Å². The zero-order chi connectivity index (χ0) is 15.5. The van der Waals surface area contributed by atoms with Crippen molar-refractivity contribution in [1.29, 1.82) is 0 Å². The molecule has 20 heavy (non-hydrogen) atoms. The summed E-state index contributed by atoms with van der Waals surface area (Å²) >= 11 is 0. The summed E-state index contributed by atoms with van der Waals surface area (Å²) in [6, 6.07) is -0.944. The first-order valence-electron chi connectivity index (χ1n) is 6.42. The normalized spacial score (nSPS) is 22.6. The van der Waals surface area contributed by atoms with Crippen molar-refractivity contribution in [3.05, 3.63) is 12.7 Å². The highest BCUT2D eigenvalue weighted by atomic mass is 16.6. The van der Waals surface area contributed by atoms with Crippen molar-refractivity contribution in [3.8, 4) is 0 Å². The maximum atomic E-state index is 12.1. The van der Waals surface area contributed by atoms with Gasteiger partial charge in [-0.05, 0) is 27.2 Å². The molecule has 0 radical (unpaired) electrons. The monoisotopic (exact) mass is 283 g/mol. The van der Waals surface area contributed by atoms with Crippen LogP contribution in [0, 0.1) is 5.92 Å². The molecule has 1 unspecified atom stereocenters. The summed E-state index contributed by atoms with van der Waals surface area (Å²) in [5, 5.41) is 0. The summed E-state index contributed by atoms with van der Waals surface area (Å²) in [6.45, 7) is 8.58. The van der Waals surface area contributed by atoms with Crippen LogP contribution in [0.3, 0.4) is 0 Å². The number of ketones is 1. The van der Waals surface area contributed by atoms with Gasteiger partial charge in [0.05, 0.1) is 19.6 Å². The van der Waals surface area contributed by atoms with Crippen molar-refractivity contribution in [2.45, 2.75) is 38.8 Å². The van der Waals surface area contributed by atoms with E-state index in [1.165, 1.54) is 7.11 Å². The van der Waals surface area contributed by atoms with Gasteiger partial charge in [0.2, 0.25) is 0 Å². The zero-order valence-corrected chi connectivity index (χ0v) is 12.3. The average Bonchev–Trinajstić information content (AvgIpc) is 2.65. The van der Waals surface area contributed by atoms with Crippen molar-refractivity contribution < 1.29 is 23.9 Å². The van der Waals surface area contributed by atoms with Crippen LogP contribution in [0.25, 0.3) is 0 Å². The van der Waals surface area contributed by atoms with Crippen LogP contribution in [0.15, 0.2) is 12.7 Å². The predicted octanol–water partition coefficient (Wildman–Crippen LogP) is 1.54. The summed E-state index contributed by atoms with van der Waals surface area (Å²) in [7, 11) is 1.23. The van der Waals surface area contributed by atoms with E-state index in [0.29, 0.717) is 6.42 Å². The molecular weight excluding hydrogens is 262 g/mol. The van der Waals surface area contributed by atoms with Crippen molar-refractivity contribution >= 4 is 17.8 Å². The third-order valence-electron chi connectivity index (χ3n) is 2.95. The molecule has 0 spiro atoms. The summed E-state index contributed by atoms with van der Waals surface area (Å²) in [5.74, 6) is -1.42. The maximum absolute atomic E-state index is 12.1. The molecule has 6 heteroatoms. The SMILES string of the molecule is C=CC[C@@H]1C(=O)CN(C(=O)OC(C)(C)C)C1C(=O)OC. The van der Waals surface area contributed by atoms with Crippen LogP contribution in [0.1, 0.15) is 27.2 Å². The Labute approximate surface area is 118 Å². The van der Waals surface area contributed by atoms with Crippen LogP contribution in [0.4, 0.5) is 4.79 Å². The third-order valence-corrected chi connectivity index (χ3v) is 2.95. The third kappa shape index (κ3) is 3.59. The summed E-state index contributed by atoms with van der Waals surface area (Å²) < 4.78 is 9.92. The first kappa shape index (κ1) is 16.2. The topological polar surface area (TPSA) is 72.9 Å². The van der Waals surface area contributed by atoms with E-state index in [1.807, 2.05) is 0 Å². The first-order valence-corrected chi connectivity index (χ1v) is 6.42. The van der Waals surface area contributed by atoms with Crippen molar-refractivity contribution in [2.75, 3.05) is 13.7 Å². The molecule has 1 saturated heterocycles. The number of methoxy groups -OCH3 is 1. The van der Waals surface area contributed by atoms with Gasteiger partial charge in [0.1, 0.15) is 11.6 Å². The van der Waals surface area contributed by atoms with Crippen LogP contribution < -0.4 is 0 Å². The standard InChI is InChI=1S/C14H21NO5/c1-6-7-9-10(16)8-15(11(9)12(17)19-5)13(18)20-14(2,3)4/h6,9,11H,1,7-8H2,2-5H3/t9-,11?/m1/s1. The molecule has 1 fully saturated rings. The van der Waals surface area contributed by atoms with Crippen molar-refractivity contribution in [3.63, 3.8) is 0 Å². The van der Waals surface area contributed by atoms with Gasteiger partial charge in [-0.25, -0.2) is 9.59 Å². The fourth-order valence-corrected chi connectivity index (χ4v) is 2.13. The Hall–Kier alpha value is -1.85. The summed E-state index contributed by atoms with van der Waals surface area (Å²) in [6.07, 6.45) is 1.18. The molecule has 1 rings (SSSR count). The van der Waals surface area contributed by atoms with Gasteiger partial charge < -0.3 is 9.47 Å². The van der Waals surface area contributed by atoms with E-state index in [2.05, 4.69) is 6.58 Å². The second-order valence-electron chi connectivity index (χ2n) is 5.67. The number of likely N-dealkylation sites (tertiary alicyclic amines) is 1. The molecule has 1 amide bonds. The van der Waals surface area contributed by atoms with Gasteiger partial charge in [-0.15, -0.1) is 6.58 Å². The largest absolute Gasteiger partial charge is 0.467 e. The number of allylic oxidation sites excluding steroid dienone is 1. The van der Waals surface area contributed by atoms with Gasteiger partial charge in [-0.3, -0.25) is 9.69 Å². The minimum atomic E-state index is -0.944. The van der Waals surface area contributed by atoms with E-state index in [-0.39, 0.29) is 12.3 Å². The maximum Gasteiger partial charge on any atom is 0.411 e. The fraction of sp³-hybridized carbons (Fsp3) is 0.643. The molecule has 112 valence electrons. The smallest absolute Gasteiger partial charge is 0.411 e. The van der Waals surface area contributed by atoms with Crippen LogP contribution >= 0.6 is 0 Å². The van der Waals surface area contributed by atoms with Crippen LogP contribution in [-0.2, 0) is 19.1 Å². The van der Waals surface area contributed by atoms with Crippen LogP contribution in [0.5, 0.6) is 0 Å². The second-order valence-corrected chi connectivity index (χ2v) is 5.67.